The third kappa shape index (κ3) is 6.89. The van der Waals surface area contributed by atoms with Crippen LogP contribution in [0.25, 0.3) is 11.4 Å². The van der Waals surface area contributed by atoms with Crippen LogP contribution in [0.5, 0.6) is 0 Å². The van der Waals surface area contributed by atoms with E-state index in [1.807, 2.05) is 0 Å². The Hall–Kier alpha value is 0.610. The van der Waals surface area contributed by atoms with E-state index in [1.165, 1.54) is 0 Å². The average molecular weight is 428 g/mol. The van der Waals surface area contributed by atoms with Crippen molar-refractivity contribution in [1.29, 1.82) is 0 Å². The van der Waals surface area contributed by atoms with Crippen LogP contribution < -0.4 is 68.9 Å². The maximum atomic E-state index is 11.2. The van der Waals surface area contributed by atoms with Crippen LogP contribution in [0.3, 0.4) is 0 Å². The SMILES string of the molecule is O.O.O=P([O-])([O-])C(O)(Cc1cnc(-c2ccccc2)[nH]1)P(=O)(O)O.[Na+].[Na+]. The van der Waals surface area contributed by atoms with E-state index in [4.69, 9.17) is 9.79 Å². The summed E-state index contributed by atoms with van der Waals surface area (Å²) < 4.78 is 22.3. The van der Waals surface area contributed by atoms with Crippen molar-refractivity contribution >= 4 is 15.2 Å². The largest absolute Gasteiger partial charge is 1.00 e. The Balaban J connectivity index is -0.00000132. The molecule has 1 heterocycles. The summed E-state index contributed by atoms with van der Waals surface area (Å²) in [5, 5.41) is 6.00. The van der Waals surface area contributed by atoms with E-state index in [9.17, 15) is 24.0 Å². The summed E-state index contributed by atoms with van der Waals surface area (Å²) in [5.74, 6) is 0.301. The number of aromatic amines is 1. The van der Waals surface area contributed by atoms with E-state index in [-0.39, 0.29) is 75.8 Å². The van der Waals surface area contributed by atoms with Crippen molar-refractivity contribution in [2.24, 2.45) is 0 Å². The molecule has 26 heavy (non-hydrogen) atoms. The molecule has 8 N–H and O–H groups in total. The van der Waals surface area contributed by atoms with Crippen LogP contribution >= 0.6 is 15.2 Å². The van der Waals surface area contributed by atoms with Gasteiger partial charge in [-0.1, -0.05) is 30.3 Å². The molecule has 1 unspecified atom stereocenters. The monoisotopic (exact) mass is 428 g/mol. The molecule has 0 saturated carbocycles. The minimum atomic E-state index is -5.99. The zero-order chi connectivity index (χ0) is 16.6. The zero-order valence-electron chi connectivity index (χ0n) is 14.0. The van der Waals surface area contributed by atoms with Crippen molar-refractivity contribution in [1.82, 2.24) is 9.97 Å². The fourth-order valence-corrected chi connectivity index (χ4v) is 3.82. The average Bonchev–Trinajstić information content (AvgIpc) is 2.85. The molecule has 0 bridgehead atoms. The van der Waals surface area contributed by atoms with Crippen LogP contribution in [0.1, 0.15) is 5.69 Å². The molecule has 0 radical (unpaired) electrons. The maximum absolute atomic E-state index is 11.2. The van der Waals surface area contributed by atoms with Crippen LogP contribution in [-0.2, 0) is 15.6 Å². The van der Waals surface area contributed by atoms with E-state index < -0.39 is 26.7 Å². The smallest absolute Gasteiger partial charge is 0.808 e. The first-order chi connectivity index (χ1) is 10.0. The summed E-state index contributed by atoms with van der Waals surface area (Å²) in [5.41, 5.74) is 0.539. The first-order valence-corrected chi connectivity index (χ1v) is 9.09. The minimum absolute atomic E-state index is 0. The molecule has 0 aliphatic heterocycles. The van der Waals surface area contributed by atoms with E-state index >= 15 is 0 Å². The number of H-pyrrole nitrogens is 1. The number of imidazole rings is 1. The van der Waals surface area contributed by atoms with E-state index in [1.54, 1.807) is 30.3 Å². The normalized spacial score (nSPS) is 13.1. The van der Waals surface area contributed by atoms with Crippen molar-refractivity contribution in [2.45, 2.75) is 11.5 Å². The number of aliphatic hydroxyl groups is 1. The Bertz CT molecular complexity index is 740. The summed E-state index contributed by atoms with van der Waals surface area (Å²) in [6.45, 7) is 0. The van der Waals surface area contributed by atoms with Crippen molar-refractivity contribution in [2.75, 3.05) is 0 Å². The fourth-order valence-electron chi connectivity index (χ4n) is 1.81. The molecular weight excluding hydrogens is 412 g/mol. The van der Waals surface area contributed by atoms with Crippen molar-refractivity contribution in [3.63, 3.8) is 0 Å². The van der Waals surface area contributed by atoms with E-state index in [2.05, 4.69) is 9.97 Å². The van der Waals surface area contributed by atoms with Gasteiger partial charge in [-0.15, -0.1) is 0 Å². The summed E-state index contributed by atoms with van der Waals surface area (Å²) in [6.07, 6.45) is 0.0000124. The zero-order valence-corrected chi connectivity index (χ0v) is 19.8. The molecule has 0 fully saturated rings. The summed E-state index contributed by atoms with van der Waals surface area (Å²) in [6, 6.07) is 8.62. The summed E-state index contributed by atoms with van der Waals surface area (Å²) in [4.78, 5) is 46.7. The van der Waals surface area contributed by atoms with Gasteiger partial charge >= 0.3 is 66.7 Å². The molecule has 1 aromatic heterocycles. The molecule has 0 aliphatic rings. The first-order valence-electron chi connectivity index (χ1n) is 5.94. The Morgan fingerprint density at radius 2 is 1.58 bits per heavy atom. The van der Waals surface area contributed by atoms with Gasteiger partial charge in [0.05, 0.1) is 0 Å². The molecule has 2 aromatic rings. The van der Waals surface area contributed by atoms with Gasteiger partial charge in [0.2, 0.25) is 0 Å². The van der Waals surface area contributed by atoms with Gasteiger partial charge in [0.15, 0.2) is 5.08 Å². The topological polar surface area (TPSA) is 233 Å². The van der Waals surface area contributed by atoms with Crippen LogP contribution in [0.15, 0.2) is 36.5 Å². The molecule has 11 nitrogen and oxygen atoms in total. The third-order valence-electron chi connectivity index (χ3n) is 3.01. The van der Waals surface area contributed by atoms with Gasteiger partial charge in [-0.2, -0.15) is 0 Å². The summed E-state index contributed by atoms with van der Waals surface area (Å²) >= 11 is 0. The van der Waals surface area contributed by atoms with Gasteiger partial charge in [0.1, 0.15) is 5.82 Å². The molecular formula is C11H16N2Na2O9P2. The second-order valence-corrected chi connectivity index (χ2v) is 8.53. The van der Waals surface area contributed by atoms with Crippen LogP contribution in [-0.4, -0.2) is 40.9 Å². The van der Waals surface area contributed by atoms with Gasteiger partial charge in [-0.05, 0) is 7.60 Å². The second kappa shape index (κ2) is 11.6. The Labute approximate surface area is 192 Å². The number of hydrogen-bond donors (Lipinski definition) is 4. The molecule has 136 valence electrons. The van der Waals surface area contributed by atoms with Crippen LogP contribution in [0.2, 0.25) is 0 Å². The molecule has 1 atom stereocenters. The van der Waals surface area contributed by atoms with Gasteiger partial charge in [-0.25, -0.2) is 4.98 Å². The van der Waals surface area contributed by atoms with Crippen molar-refractivity contribution in [3.05, 3.63) is 42.2 Å². The van der Waals surface area contributed by atoms with Crippen molar-refractivity contribution in [3.8, 4) is 11.4 Å². The van der Waals surface area contributed by atoms with Gasteiger partial charge < -0.3 is 45.2 Å². The van der Waals surface area contributed by atoms with E-state index in [0.29, 0.717) is 11.4 Å². The Morgan fingerprint density at radius 1 is 1.08 bits per heavy atom. The number of rotatable bonds is 5. The maximum Gasteiger partial charge on any atom is 1.00 e. The van der Waals surface area contributed by atoms with Gasteiger partial charge in [-0.3, -0.25) is 4.57 Å². The standard InChI is InChI=1S/C11H14N2O7P2.2Na.2H2O/c14-11(21(15,16)17,22(18,19)20)6-9-7-12-10(13-9)8-4-2-1-3-5-8;;;;/h1-5,7,14H,6H2,(H,12,13)(H2,15,16,17)(H2,18,19,20);;;2*1H2/q;2*+1;;/p-2. The number of hydrogen-bond acceptors (Lipinski definition) is 6. The molecule has 2 rings (SSSR count). The number of aromatic nitrogens is 2. The predicted molar refractivity (Wildman–Crippen MR) is 79.6 cm³/mol. The molecule has 0 saturated heterocycles. The predicted octanol–water partition coefficient (Wildman–Crippen LogP) is -8.28. The van der Waals surface area contributed by atoms with Gasteiger partial charge in [0.25, 0.3) is 0 Å². The minimum Gasteiger partial charge on any atom is -0.808 e. The Morgan fingerprint density at radius 3 is 2.00 bits per heavy atom. The number of benzene rings is 1. The molecule has 1 aromatic carbocycles. The Kier molecular flexibility index (Phi) is 13.9. The van der Waals surface area contributed by atoms with Crippen LogP contribution in [0.4, 0.5) is 0 Å². The quantitative estimate of drug-likeness (QED) is 0.263. The fraction of sp³-hybridized carbons (Fsp3) is 0.182. The summed E-state index contributed by atoms with van der Waals surface area (Å²) in [7, 11) is -11.6. The van der Waals surface area contributed by atoms with Crippen LogP contribution in [0, 0.1) is 0 Å². The van der Waals surface area contributed by atoms with E-state index in [0.717, 1.165) is 6.20 Å². The number of nitrogens with zero attached hydrogens (tertiary/aromatic N) is 1. The molecule has 0 amide bonds. The molecule has 0 spiro atoms. The molecule has 0 aliphatic carbocycles. The molecule has 15 heteroatoms. The first kappa shape index (κ1) is 31.3. The second-order valence-electron chi connectivity index (χ2n) is 4.62. The third-order valence-corrected chi connectivity index (χ3v) is 6.65. The van der Waals surface area contributed by atoms with Gasteiger partial charge in [0, 0.05) is 23.9 Å². The van der Waals surface area contributed by atoms with Crippen molar-refractivity contribution < 1.29 is 104 Å². The number of nitrogens with one attached hydrogen (secondary N) is 1.